The van der Waals surface area contributed by atoms with Gasteiger partial charge in [0.25, 0.3) is 0 Å². The fourth-order valence-electron chi connectivity index (χ4n) is 4.31. The molecule has 0 radical (unpaired) electrons. The van der Waals surface area contributed by atoms with Crippen LogP contribution in [0.15, 0.2) is 41.1 Å². The zero-order valence-corrected chi connectivity index (χ0v) is 18.1. The summed E-state index contributed by atoms with van der Waals surface area (Å²) in [5, 5.41) is 5.17. The lowest BCUT2D eigenvalue weighted by Crippen LogP contribution is -2.20. The minimum absolute atomic E-state index is 0.290. The number of fused-ring (bicyclic) bond motifs is 2. The summed E-state index contributed by atoms with van der Waals surface area (Å²) in [6, 6.07) is 6.47. The fourth-order valence-corrected chi connectivity index (χ4v) is 4.89. The van der Waals surface area contributed by atoms with E-state index in [-0.39, 0.29) is 5.82 Å². The smallest absolute Gasteiger partial charge is 0.165 e. The molecule has 30 heavy (non-hydrogen) atoms. The molecule has 1 aromatic carbocycles. The van der Waals surface area contributed by atoms with Gasteiger partial charge in [0.2, 0.25) is 0 Å². The molecule has 0 atom stereocenters. The largest absolute Gasteiger partial charge is 0.383 e. The Balaban J connectivity index is 1.61. The number of pyridine rings is 1. The molecule has 0 unspecified atom stereocenters. The van der Waals surface area contributed by atoms with Crippen LogP contribution in [-0.2, 0) is 4.74 Å². The Morgan fingerprint density at radius 1 is 1.17 bits per heavy atom. The highest BCUT2D eigenvalue weighted by atomic mass is 79.9. The van der Waals surface area contributed by atoms with Gasteiger partial charge in [-0.1, -0.05) is 0 Å². The monoisotopic (exact) mass is 469 g/mol. The third kappa shape index (κ3) is 3.24. The van der Waals surface area contributed by atoms with Crippen LogP contribution in [0.1, 0.15) is 37.3 Å². The van der Waals surface area contributed by atoms with Crippen LogP contribution in [0.4, 0.5) is 10.2 Å². The molecule has 6 nitrogen and oxygen atoms in total. The van der Waals surface area contributed by atoms with Crippen LogP contribution in [0.2, 0.25) is 0 Å². The summed E-state index contributed by atoms with van der Waals surface area (Å²) in [6.07, 6.45) is 7.83. The van der Waals surface area contributed by atoms with E-state index in [2.05, 4.69) is 26.0 Å². The van der Waals surface area contributed by atoms with Crippen LogP contribution in [-0.4, -0.2) is 32.8 Å². The number of methoxy groups -OCH3 is 1. The molecule has 8 heteroatoms. The Morgan fingerprint density at radius 3 is 2.73 bits per heavy atom. The van der Waals surface area contributed by atoms with E-state index in [1.165, 1.54) is 12.1 Å². The number of nitrogen functional groups attached to an aromatic ring is 1. The molecule has 1 aliphatic carbocycles. The van der Waals surface area contributed by atoms with Gasteiger partial charge in [0.1, 0.15) is 11.6 Å². The molecule has 1 aliphatic rings. The van der Waals surface area contributed by atoms with E-state index < -0.39 is 0 Å². The maximum Gasteiger partial charge on any atom is 0.165 e. The summed E-state index contributed by atoms with van der Waals surface area (Å²) < 4.78 is 21.6. The Bertz CT molecular complexity index is 1250. The van der Waals surface area contributed by atoms with Gasteiger partial charge >= 0.3 is 0 Å². The van der Waals surface area contributed by atoms with E-state index in [4.69, 9.17) is 15.5 Å². The first-order valence-electron chi connectivity index (χ1n) is 9.96. The lowest BCUT2D eigenvalue weighted by molar-refractivity contribution is 0.0654. The van der Waals surface area contributed by atoms with Gasteiger partial charge in [0.15, 0.2) is 5.65 Å². The predicted octanol–water partition coefficient (Wildman–Crippen LogP) is 5.10. The second kappa shape index (κ2) is 7.59. The highest BCUT2D eigenvalue weighted by molar-refractivity contribution is 9.10. The molecule has 3 aromatic heterocycles. The normalized spacial score (nSPS) is 19.6. The van der Waals surface area contributed by atoms with Crippen LogP contribution >= 0.6 is 15.9 Å². The molecule has 4 aromatic rings. The number of aromatic nitrogens is 4. The first kappa shape index (κ1) is 19.4. The average Bonchev–Trinajstić information content (AvgIpc) is 3.20. The van der Waals surface area contributed by atoms with E-state index in [1.54, 1.807) is 30.1 Å². The Labute approximate surface area is 181 Å². The first-order valence-corrected chi connectivity index (χ1v) is 10.8. The molecular formula is C22H21BrFN5O. The Kier molecular flexibility index (Phi) is 4.91. The van der Waals surface area contributed by atoms with Gasteiger partial charge < -0.3 is 10.5 Å². The van der Waals surface area contributed by atoms with Gasteiger partial charge in [-0.25, -0.2) is 9.37 Å². The molecule has 0 spiro atoms. The number of hydrogen-bond donors (Lipinski definition) is 1. The topological polar surface area (TPSA) is 78.3 Å². The van der Waals surface area contributed by atoms with E-state index in [9.17, 15) is 4.39 Å². The van der Waals surface area contributed by atoms with Crippen molar-refractivity contribution in [3.63, 3.8) is 0 Å². The second-order valence-corrected chi connectivity index (χ2v) is 8.55. The van der Waals surface area contributed by atoms with Crippen molar-refractivity contribution in [2.24, 2.45) is 0 Å². The number of benzene rings is 1. The summed E-state index contributed by atoms with van der Waals surface area (Å²) in [5.41, 5.74) is 10.4. The van der Waals surface area contributed by atoms with Crippen molar-refractivity contribution in [1.82, 2.24) is 19.6 Å². The quantitative estimate of drug-likeness (QED) is 0.451. The van der Waals surface area contributed by atoms with Crippen LogP contribution in [0.5, 0.6) is 0 Å². The second-order valence-electron chi connectivity index (χ2n) is 7.76. The molecule has 1 saturated carbocycles. The molecule has 0 bridgehead atoms. The number of nitrogens with two attached hydrogens (primary N) is 1. The van der Waals surface area contributed by atoms with Crippen molar-refractivity contribution in [2.75, 3.05) is 12.8 Å². The number of rotatable bonds is 3. The van der Waals surface area contributed by atoms with E-state index >= 15 is 0 Å². The SMILES string of the molecule is COC1CCC(c2nc3c(-c4cnc5ccc(F)cc5c4)cnn3c(N)c2Br)CC1. The van der Waals surface area contributed by atoms with Crippen LogP contribution in [0.25, 0.3) is 27.7 Å². The lowest BCUT2D eigenvalue weighted by atomic mass is 9.85. The van der Waals surface area contributed by atoms with E-state index in [1.807, 2.05) is 6.07 Å². The van der Waals surface area contributed by atoms with Gasteiger partial charge in [-0.3, -0.25) is 4.98 Å². The molecule has 154 valence electrons. The summed E-state index contributed by atoms with van der Waals surface area (Å²) in [4.78, 5) is 9.44. The number of nitrogens with zero attached hydrogens (tertiary/aromatic N) is 4. The maximum absolute atomic E-state index is 13.7. The van der Waals surface area contributed by atoms with Gasteiger partial charge in [0.05, 0.1) is 28.0 Å². The molecule has 0 aliphatic heterocycles. The number of anilines is 1. The third-order valence-electron chi connectivity index (χ3n) is 6.00. The average molecular weight is 470 g/mol. The number of hydrogen-bond acceptors (Lipinski definition) is 5. The third-order valence-corrected chi connectivity index (χ3v) is 6.81. The first-order chi connectivity index (χ1) is 14.5. The van der Waals surface area contributed by atoms with Gasteiger partial charge in [-0.05, 0) is 65.9 Å². The van der Waals surface area contributed by atoms with Crippen LogP contribution < -0.4 is 5.73 Å². The zero-order valence-electron chi connectivity index (χ0n) is 16.5. The molecule has 5 rings (SSSR count). The molecular weight excluding hydrogens is 449 g/mol. The van der Waals surface area contributed by atoms with Crippen molar-refractivity contribution in [3.05, 3.63) is 52.6 Å². The Hall–Kier alpha value is -2.58. The maximum atomic E-state index is 13.7. The van der Waals surface area contributed by atoms with Crippen molar-refractivity contribution in [3.8, 4) is 11.1 Å². The van der Waals surface area contributed by atoms with Gasteiger partial charge in [-0.15, -0.1) is 0 Å². The van der Waals surface area contributed by atoms with Crippen LogP contribution in [0.3, 0.4) is 0 Å². The molecule has 0 saturated heterocycles. The molecule has 1 fully saturated rings. The van der Waals surface area contributed by atoms with Crippen molar-refractivity contribution in [1.29, 1.82) is 0 Å². The number of halogens is 2. The lowest BCUT2D eigenvalue weighted by Gasteiger charge is -2.28. The fraction of sp³-hybridized carbons (Fsp3) is 0.318. The van der Waals surface area contributed by atoms with Crippen molar-refractivity contribution >= 4 is 38.3 Å². The molecule has 0 amide bonds. The summed E-state index contributed by atoms with van der Waals surface area (Å²) in [5.74, 6) is 0.543. The molecule has 3 heterocycles. The van der Waals surface area contributed by atoms with E-state index in [0.29, 0.717) is 23.5 Å². The van der Waals surface area contributed by atoms with Crippen molar-refractivity contribution in [2.45, 2.75) is 37.7 Å². The Morgan fingerprint density at radius 2 is 1.97 bits per heavy atom. The van der Waals surface area contributed by atoms with Gasteiger partial charge in [0, 0.05) is 35.7 Å². The minimum atomic E-state index is -0.290. The standard InChI is InChI=1S/C22H21BrFN5O/c1-30-16-5-2-12(3-6-16)20-19(23)21(25)29-22(28-20)17(11-27-29)14-8-13-9-15(24)4-7-18(13)26-10-14/h4,7-12,16H,2-3,5-6,25H2,1H3. The van der Waals surface area contributed by atoms with Crippen molar-refractivity contribution < 1.29 is 9.13 Å². The minimum Gasteiger partial charge on any atom is -0.383 e. The summed E-state index contributed by atoms with van der Waals surface area (Å²) in [6.45, 7) is 0. The zero-order chi connectivity index (χ0) is 20.8. The highest BCUT2D eigenvalue weighted by Gasteiger charge is 2.27. The molecule has 2 N–H and O–H groups in total. The van der Waals surface area contributed by atoms with Gasteiger partial charge in [-0.2, -0.15) is 9.61 Å². The van der Waals surface area contributed by atoms with E-state index in [0.717, 1.165) is 57.9 Å². The predicted molar refractivity (Wildman–Crippen MR) is 118 cm³/mol. The number of ether oxygens (including phenoxy) is 1. The summed E-state index contributed by atoms with van der Waals surface area (Å²) in [7, 11) is 1.77. The summed E-state index contributed by atoms with van der Waals surface area (Å²) >= 11 is 3.64. The van der Waals surface area contributed by atoms with Crippen LogP contribution in [0, 0.1) is 5.82 Å². The highest BCUT2D eigenvalue weighted by Crippen LogP contribution is 2.39.